The smallest absolute Gasteiger partial charge is 0.239 e. The molecule has 0 spiro atoms. The molecule has 0 bridgehead atoms. The predicted octanol–water partition coefficient (Wildman–Crippen LogP) is 6.72. The van der Waals surface area contributed by atoms with E-state index in [0.717, 1.165) is 103 Å². The number of ether oxygens (including phenoxy) is 1. The summed E-state index contributed by atoms with van der Waals surface area (Å²) < 4.78 is 11.0. The number of hydrogen-bond donors (Lipinski definition) is 0. The van der Waals surface area contributed by atoms with E-state index in [1.807, 2.05) is 21.1 Å². The van der Waals surface area contributed by atoms with Gasteiger partial charge in [-0.3, -0.25) is 18.0 Å². The molecular formula is C34H45BrIN11OS. The first-order chi connectivity index (χ1) is 23.8. The van der Waals surface area contributed by atoms with E-state index in [9.17, 15) is 0 Å². The Morgan fingerprint density at radius 1 is 1.00 bits per heavy atom. The molecule has 12 nitrogen and oxygen atoms in total. The normalized spacial score (nSPS) is 16.3. The van der Waals surface area contributed by atoms with E-state index in [2.05, 4.69) is 102 Å². The lowest BCUT2D eigenvalue weighted by Gasteiger charge is -2.42. The SMILES string of the molecule is CCc1cc(N(C)c2ncc(Br)c(N(I)c3ccc4nccnc4c3N(CC)SC)n2)c(OC)nc1N1CCC(N2CCN(C)CC2)CC1. The molecule has 0 N–H and O–H groups in total. The zero-order valence-electron chi connectivity index (χ0n) is 29.1. The molecule has 4 aromatic rings. The van der Waals surface area contributed by atoms with Crippen molar-refractivity contribution in [3.63, 3.8) is 0 Å². The summed E-state index contributed by atoms with van der Waals surface area (Å²) >= 11 is 7.70. The van der Waals surface area contributed by atoms with Crippen LogP contribution in [0.2, 0.25) is 0 Å². The van der Waals surface area contributed by atoms with Crippen molar-refractivity contribution in [2.24, 2.45) is 0 Å². The van der Waals surface area contributed by atoms with Crippen LogP contribution in [0.1, 0.15) is 32.3 Å². The lowest BCUT2D eigenvalue weighted by Crippen LogP contribution is -2.52. The van der Waals surface area contributed by atoms with Crippen LogP contribution in [0.3, 0.4) is 0 Å². The van der Waals surface area contributed by atoms with Crippen LogP contribution < -0.4 is 22.0 Å². The molecule has 0 atom stereocenters. The summed E-state index contributed by atoms with van der Waals surface area (Å²) in [5.74, 6) is 2.82. The van der Waals surface area contributed by atoms with E-state index in [-0.39, 0.29) is 0 Å². The van der Waals surface area contributed by atoms with Crippen LogP contribution in [-0.4, -0.2) is 114 Å². The van der Waals surface area contributed by atoms with Crippen molar-refractivity contribution in [1.82, 2.24) is 34.7 Å². The van der Waals surface area contributed by atoms with Gasteiger partial charge in [0.1, 0.15) is 17.0 Å². The van der Waals surface area contributed by atoms with E-state index < -0.39 is 0 Å². The van der Waals surface area contributed by atoms with Crippen molar-refractivity contribution in [2.45, 2.75) is 39.2 Å². The molecule has 0 radical (unpaired) electrons. The zero-order chi connectivity index (χ0) is 34.7. The first-order valence-corrected chi connectivity index (χ1v) is 19.7. The topological polar surface area (TPSA) is 93.1 Å². The second kappa shape index (κ2) is 16.1. The molecule has 0 saturated carbocycles. The summed E-state index contributed by atoms with van der Waals surface area (Å²) in [5, 5.41) is 0. The number of aryl methyl sites for hydroxylation is 1. The highest BCUT2D eigenvalue weighted by Gasteiger charge is 2.30. The number of likely N-dealkylation sites (N-methyl/N-ethyl adjacent to an activating group) is 1. The number of fused-ring (bicyclic) bond motifs is 1. The summed E-state index contributed by atoms with van der Waals surface area (Å²) in [6.45, 7) is 11.7. The van der Waals surface area contributed by atoms with Gasteiger partial charge in [0.2, 0.25) is 11.8 Å². The highest BCUT2D eigenvalue weighted by Crippen LogP contribution is 2.44. The Morgan fingerprint density at radius 3 is 2.41 bits per heavy atom. The van der Waals surface area contributed by atoms with Crippen molar-refractivity contribution in [3.8, 4) is 5.88 Å². The van der Waals surface area contributed by atoms with Crippen molar-refractivity contribution in [3.05, 3.63) is 46.8 Å². The maximum atomic E-state index is 5.93. The molecule has 0 unspecified atom stereocenters. The third-order valence-corrected chi connectivity index (χ3v) is 12.0. The molecule has 49 heavy (non-hydrogen) atoms. The van der Waals surface area contributed by atoms with E-state index in [0.29, 0.717) is 23.7 Å². The molecule has 3 aromatic heterocycles. The minimum Gasteiger partial charge on any atom is -0.479 e. The van der Waals surface area contributed by atoms with Gasteiger partial charge in [0.15, 0.2) is 5.82 Å². The Balaban J connectivity index is 1.28. The van der Waals surface area contributed by atoms with Crippen LogP contribution >= 0.6 is 50.7 Å². The first-order valence-electron chi connectivity index (χ1n) is 16.8. The molecule has 6 rings (SSSR count). The number of aromatic nitrogens is 5. The van der Waals surface area contributed by atoms with Gasteiger partial charge in [-0.1, -0.05) is 18.9 Å². The summed E-state index contributed by atoms with van der Waals surface area (Å²) in [7, 11) is 5.87. The quantitative estimate of drug-likeness (QED) is 0.0909. The number of halogens is 2. The number of piperazine rings is 1. The fourth-order valence-corrected chi connectivity index (χ4v) is 8.81. The molecule has 2 saturated heterocycles. The number of rotatable bonds is 11. The molecule has 2 aliphatic heterocycles. The Bertz CT molecular complexity index is 1750. The molecule has 0 amide bonds. The third kappa shape index (κ3) is 7.51. The molecule has 2 aliphatic rings. The van der Waals surface area contributed by atoms with E-state index >= 15 is 0 Å². The third-order valence-electron chi connectivity index (χ3n) is 9.54. The van der Waals surface area contributed by atoms with Gasteiger partial charge in [0.05, 0.1) is 51.3 Å². The largest absolute Gasteiger partial charge is 0.479 e. The van der Waals surface area contributed by atoms with E-state index in [1.165, 1.54) is 5.56 Å². The minimum atomic E-state index is 0.530. The van der Waals surface area contributed by atoms with E-state index in [1.54, 1.807) is 37.6 Å². The summed E-state index contributed by atoms with van der Waals surface area (Å²) in [6, 6.07) is 6.91. The molecule has 262 valence electrons. The summed E-state index contributed by atoms with van der Waals surface area (Å²) in [6.07, 6.45) is 10.5. The maximum Gasteiger partial charge on any atom is 0.239 e. The van der Waals surface area contributed by atoms with Gasteiger partial charge in [-0.2, -0.15) is 9.97 Å². The van der Waals surface area contributed by atoms with Gasteiger partial charge in [0.25, 0.3) is 0 Å². The average Bonchev–Trinajstić information content (AvgIpc) is 3.14. The second-order valence-electron chi connectivity index (χ2n) is 12.3. The monoisotopic (exact) mass is 861 g/mol. The average molecular weight is 863 g/mol. The van der Waals surface area contributed by atoms with Gasteiger partial charge in [0, 0.05) is 83.7 Å². The van der Waals surface area contributed by atoms with Gasteiger partial charge in [-0.25, -0.2) is 4.98 Å². The van der Waals surface area contributed by atoms with Crippen molar-refractivity contribution < 1.29 is 4.74 Å². The van der Waals surface area contributed by atoms with Gasteiger partial charge >= 0.3 is 0 Å². The second-order valence-corrected chi connectivity index (χ2v) is 15.0. The summed E-state index contributed by atoms with van der Waals surface area (Å²) in [5.41, 5.74) is 5.63. The van der Waals surface area contributed by atoms with Crippen LogP contribution in [0.25, 0.3) is 11.0 Å². The predicted molar refractivity (Wildman–Crippen MR) is 214 cm³/mol. The van der Waals surface area contributed by atoms with Crippen LogP contribution in [0, 0.1) is 0 Å². The molecular weight excluding hydrogens is 817 g/mol. The highest BCUT2D eigenvalue weighted by molar-refractivity contribution is 14.1. The minimum absolute atomic E-state index is 0.530. The zero-order valence-corrected chi connectivity index (χ0v) is 33.7. The standard InChI is InChI=1S/C34H45BrIN11OS/c1-7-23-21-28(33(48-5)40-31(23)45-15-11-24(12-16-45)44-19-17-42(3)18-20-44)43(4)34-39-22-25(35)32(41-34)47(36)27-10-9-26-29(38-14-13-37-26)30(27)46(8-2)49-6/h9-10,13-14,21-22,24H,7-8,11-12,15-20H2,1-6H3. The Kier molecular flexibility index (Phi) is 11.8. The van der Waals surface area contributed by atoms with Gasteiger partial charge < -0.3 is 23.7 Å². The van der Waals surface area contributed by atoms with Crippen molar-refractivity contribution in [1.29, 1.82) is 0 Å². The van der Waals surface area contributed by atoms with Gasteiger partial charge in [-0.15, -0.1) is 0 Å². The van der Waals surface area contributed by atoms with Crippen LogP contribution in [-0.2, 0) is 6.42 Å². The molecule has 0 aliphatic carbocycles. The lowest BCUT2D eigenvalue weighted by atomic mass is 10.0. The fraction of sp³-hybridized carbons (Fsp3) is 0.500. The number of benzene rings is 1. The van der Waals surface area contributed by atoms with Crippen LogP contribution in [0.4, 0.5) is 34.6 Å². The van der Waals surface area contributed by atoms with Crippen LogP contribution in [0.15, 0.2) is 41.3 Å². The lowest BCUT2D eigenvalue weighted by molar-refractivity contribution is 0.0981. The number of nitrogens with zero attached hydrogens (tertiary/aromatic N) is 11. The molecule has 5 heterocycles. The molecule has 2 fully saturated rings. The molecule has 15 heteroatoms. The number of hydrogen-bond acceptors (Lipinski definition) is 13. The van der Waals surface area contributed by atoms with Crippen molar-refractivity contribution >= 4 is 96.4 Å². The first kappa shape index (κ1) is 36.1. The Hall–Kier alpha value is -2.73. The van der Waals surface area contributed by atoms with Crippen LogP contribution in [0.5, 0.6) is 5.88 Å². The fourth-order valence-electron chi connectivity index (χ4n) is 6.74. The highest BCUT2D eigenvalue weighted by atomic mass is 127. The number of anilines is 6. The molecule has 1 aromatic carbocycles. The van der Waals surface area contributed by atoms with Gasteiger partial charge in [-0.05, 0) is 72.9 Å². The number of pyridine rings is 1. The maximum absolute atomic E-state index is 5.93. The van der Waals surface area contributed by atoms with Crippen molar-refractivity contribution in [2.75, 3.05) is 90.5 Å². The summed E-state index contributed by atoms with van der Waals surface area (Å²) in [4.78, 5) is 33.7. The van der Waals surface area contributed by atoms with E-state index in [4.69, 9.17) is 24.7 Å². The number of methoxy groups -OCH3 is 1. The number of piperidine rings is 1. The Morgan fingerprint density at radius 2 is 1.73 bits per heavy atom. The Labute approximate surface area is 316 Å².